The number of nitrogens with one attached hydrogen (secondary N) is 1. The van der Waals surface area contributed by atoms with Crippen molar-refractivity contribution >= 4 is 15.9 Å². The molecule has 1 aromatic rings. The third-order valence-corrected chi connectivity index (χ3v) is 5.54. The molecule has 23 heavy (non-hydrogen) atoms. The van der Waals surface area contributed by atoms with Gasteiger partial charge in [-0.25, -0.2) is 12.7 Å². The molecule has 1 N–H and O–H groups in total. The van der Waals surface area contributed by atoms with Gasteiger partial charge in [0.15, 0.2) is 0 Å². The molecule has 0 saturated carbocycles. The van der Waals surface area contributed by atoms with Crippen LogP contribution < -0.4 is 10.1 Å². The van der Waals surface area contributed by atoms with E-state index in [2.05, 4.69) is 5.32 Å². The molecule has 0 radical (unpaired) electrons. The molecule has 1 heterocycles. The van der Waals surface area contributed by atoms with Crippen molar-refractivity contribution in [1.29, 1.82) is 0 Å². The Bertz CT molecular complexity index is 666. The first kappa shape index (κ1) is 17.7. The topological polar surface area (TPSA) is 84.9 Å². The molecule has 1 unspecified atom stereocenters. The fourth-order valence-corrected chi connectivity index (χ4v) is 3.41. The average molecular weight is 342 g/mol. The second kappa shape index (κ2) is 7.29. The number of hydrogen-bond acceptors (Lipinski definition) is 5. The Hall–Kier alpha value is -1.64. The highest BCUT2D eigenvalue weighted by Crippen LogP contribution is 2.26. The second-order valence-electron chi connectivity index (χ2n) is 5.50. The first-order valence-corrected chi connectivity index (χ1v) is 8.80. The van der Waals surface area contributed by atoms with Crippen molar-refractivity contribution in [2.24, 2.45) is 0 Å². The van der Waals surface area contributed by atoms with Crippen molar-refractivity contribution < 1.29 is 22.7 Å². The first-order valence-electron chi connectivity index (χ1n) is 7.36. The van der Waals surface area contributed by atoms with Gasteiger partial charge in [0.25, 0.3) is 5.91 Å². The predicted octanol–water partition coefficient (Wildman–Crippen LogP) is 0.854. The standard InChI is InChI=1S/C15H22N2O5S/c1-17(2)23(19,20)14-9-11(6-7-13(14)21-3)15(18)16-10-12-5-4-8-22-12/h6-7,9,12H,4-5,8,10H2,1-3H3,(H,16,18). The van der Waals surface area contributed by atoms with E-state index in [0.29, 0.717) is 13.2 Å². The summed E-state index contributed by atoms with van der Waals surface area (Å²) in [6, 6.07) is 4.36. The summed E-state index contributed by atoms with van der Waals surface area (Å²) in [4.78, 5) is 12.2. The number of nitrogens with zero attached hydrogens (tertiary/aromatic N) is 1. The fraction of sp³-hybridized carbons (Fsp3) is 0.533. The lowest BCUT2D eigenvalue weighted by atomic mass is 10.2. The summed E-state index contributed by atoms with van der Waals surface area (Å²) in [7, 11) is 0.546. The monoisotopic (exact) mass is 342 g/mol. The summed E-state index contributed by atoms with van der Waals surface area (Å²) in [5, 5.41) is 2.77. The Kier molecular flexibility index (Phi) is 5.61. The van der Waals surface area contributed by atoms with E-state index in [0.717, 1.165) is 17.1 Å². The van der Waals surface area contributed by atoms with E-state index in [1.54, 1.807) is 6.07 Å². The van der Waals surface area contributed by atoms with Crippen LogP contribution in [0.1, 0.15) is 23.2 Å². The smallest absolute Gasteiger partial charge is 0.251 e. The molecule has 1 aromatic carbocycles. The minimum Gasteiger partial charge on any atom is -0.495 e. The van der Waals surface area contributed by atoms with Gasteiger partial charge in [0.05, 0.1) is 13.2 Å². The lowest BCUT2D eigenvalue weighted by Crippen LogP contribution is -2.32. The number of carbonyl (C=O) groups excluding carboxylic acids is 1. The molecule has 1 aliphatic heterocycles. The molecule has 1 amide bonds. The second-order valence-corrected chi connectivity index (χ2v) is 7.62. The number of ether oxygens (including phenoxy) is 2. The van der Waals surface area contributed by atoms with Crippen LogP contribution >= 0.6 is 0 Å². The van der Waals surface area contributed by atoms with Gasteiger partial charge in [-0.3, -0.25) is 4.79 Å². The molecular weight excluding hydrogens is 320 g/mol. The van der Waals surface area contributed by atoms with Gasteiger partial charge in [-0.15, -0.1) is 0 Å². The third-order valence-electron chi connectivity index (χ3n) is 3.70. The molecule has 0 aromatic heterocycles. The molecule has 0 spiro atoms. The van der Waals surface area contributed by atoms with E-state index in [9.17, 15) is 13.2 Å². The Labute approximate surface area is 136 Å². The number of carbonyl (C=O) groups is 1. The maximum atomic E-state index is 12.3. The molecule has 128 valence electrons. The van der Waals surface area contributed by atoms with Crippen LogP contribution in [0.4, 0.5) is 0 Å². The summed E-state index contributed by atoms with van der Waals surface area (Å²) >= 11 is 0. The Morgan fingerprint density at radius 1 is 1.43 bits per heavy atom. The SMILES string of the molecule is COc1ccc(C(=O)NCC2CCCO2)cc1S(=O)(=O)N(C)C. The molecule has 8 heteroatoms. The van der Waals surface area contributed by atoms with Crippen LogP contribution in [0.15, 0.2) is 23.1 Å². The molecule has 2 rings (SSSR count). The van der Waals surface area contributed by atoms with Crippen LogP contribution in [0.25, 0.3) is 0 Å². The number of sulfonamides is 1. The van der Waals surface area contributed by atoms with Crippen LogP contribution in [0, 0.1) is 0 Å². The Morgan fingerprint density at radius 3 is 2.74 bits per heavy atom. The van der Waals surface area contributed by atoms with Gasteiger partial charge < -0.3 is 14.8 Å². The molecule has 0 aliphatic carbocycles. The van der Waals surface area contributed by atoms with E-state index in [1.807, 2.05) is 0 Å². The lowest BCUT2D eigenvalue weighted by molar-refractivity contribution is 0.0857. The fourth-order valence-electron chi connectivity index (χ4n) is 2.33. The van der Waals surface area contributed by atoms with Crippen LogP contribution in [0.3, 0.4) is 0 Å². The number of hydrogen-bond donors (Lipinski definition) is 1. The van der Waals surface area contributed by atoms with Crippen molar-refractivity contribution in [3.8, 4) is 5.75 Å². The van der Waals surface area contributed by atoms with Crippen molar-refractivity contribution in [1.82, 2.24) is 9.62 Å². The summed E-state index contributed by atoms with van der Waals surface area (Å²) in [6.07, 6.45) is 1.94. The normalized spacial score (nSPS) is 18.2. The van der Waals surface area contributed by atoms with Gasteiger partial charge in [-0.1, -0.05) is 0 Å². The molecular formula is C15H22N2O5S. The highest BCUT2D eigenvalue weighted by Gasteiger charge is 2.24. The van der Waals surface area contributed by atoms with Crippen molar-refractivity contribution in [2.45, 2.75) is 23.8 Å². The number of amides is 1. The van der Waals surface area contributed by atoms with E-state index in [4.69, 9.17) is 9.47 Å². The largest absolute Gasteiger partial charge is 0.495 e. The summed E-state index contributed by atoms with van der Waals surface area (Å²) in [5.41, 5.74) is 0.268. The third kappa shape index (κ3) is 4.01. The van der Waals surface area contributed by atoms with Crippen molar-refractivity contribution in [3.05, 3.63) is 23.8 Å². The number of benzene rings is 1. The quantitative estimate of drug-likeness (QED) is 0.829. The van der Waals surface area contributed by atoms with Crippen molar-refractivity contribution in [2.75, 3.05) is 34.4 Å². The van der Waals surface area contributed by atoms with Gasteiger partial charge in [0.1, 0.15) is 10.6 Å². The van der Waals surface area contributed by atoms with Gasteiger partial charge in [0, 0.05) is 32.8 Å². The zero-order chi connectivity index (χ0) is 17.0. The summed E-state index contributed by atoms with van der Waals surface area (Å²) < 4.78 is 36.3. The molecule has 7 nitrogen and oxygen atoms in total. The first-order chi connectivity index (χ1) is 10.9. The van der Waals surface area contributed by atoms with Gasteiger partial charge in [-0.05, 0) is 31.0 Å². The molecule has 0 bridgehead atoms. The number of rotatable bonds is 6. The van der Waals surface area contributed by atoms with E-state index >= 15 is 0 Å². The minimum absolute atomic E-state index is 0.0298. The number of methoxy groups -OCH3 is 1. The maximum absolute atomic E-state index is 12.3. The molecule has 1 aliphatic rings. The van der Waals surface area contributed by atoms with Gasteiger partial charge in [-0.2, -0.15) is 0 Å². The lowest BCUT2D eigenvalue weighted by Gasteiger charge is -2.16. The highest BCUT2D eigenvalue weighted by atomic mass is 32.2. The Balaban J connectivity index is 2.21. The van der Waals surface area contributed by atoms with Crippen molar-refractivity contribution in [3.63, 3.8) is 0 Å². The van der Waals surface area contributed by atoms with Crippen LogP contribution in [-0.2, 0) is 14.8 Å². The van der Waals surface area contributed by atoms with E-state index in [1.165, 1.54) is 33.3 Å². The molecule has 1 atom stereocenters. The van der Waals surface area contributed by atoms with Crippen LogP contribution in [-0.4, -0.2) is 59.1 Å². The minimum atomic E-state index is -3.70. The zero-order valence-corrected chi connectivity index (χ0v) is 14.4. The maximum Gasteiger partial charge on any atom is 0.251 e. The van der Waals surface area contributed by atoms with Gasteiger partial charge in [0.2, 0.25) is 10.0 Å². The Morgan fingerprint density at radius 2 is 2.17 bits per heavy atom. The zero-order valence-electron chi connectivity index (χ0n) is 13.5. The molecule has 1 fully saturated rings. The van der Waals surface area contributed by atoms with Crippen LogP contribution in [0.5, 0.6) is 5.75 Å². The van der Waals surface area contributed by atoms with E-state index < -0.39 is 10.0 Å². The highest BCUT2D eigenvalue weighted by molar-refractivity contribution is 7.89. The predicted molar refractivity (Wildman–Crippen MR) is 85.2 cm³/mol. The summed E-state index contributed by atoms with van der Waals surface area (Å²) in [5.74, 6) is -0.132. The van der Waals surface area contributed by atoms with E-state index in [-0.39, 0.29) is 28.2 Å². The average Bonchev–Trinajstić information content (AvgIpc) is 3.05. The van der Waals surface area contributed by atoms with Gasteiger partial charge >= 0.3 is 0 Å². The van der Waals surface area contributed by atoms with Crippen LogP contribution in [0.2, 0.25) is 0 Å². The molecule has 1 saturated heterocycles. The summed E-state index contributed by atoms with van der Waals surface area (Å²) in [6.45, 7) is 1.13.